The highest BCUT2D eigenvalue weighted by Gasteiger charge is 2.15. The Balaban J connectivity index is 2.32. The highest BCUT2D eigenvalue weighted by molar-refractivity contribution is 6.43. The summed E-state index contributed by atoms with van der Waals surface area (Å²) in [6.45, 7) is 5.12. The lowest BCUT2D eigenvalue weighted by Crippen LogP contribution is -2.19. The molecule has 2 rings (SSSR count). The Morgan fingerprint density at radius 1 is 1.16 bits per heavy atom. The van der Waals surface area contributed by atoms with E-state index >= 15 is 0 Å². The third kappa shape index (κ3) is 3.14. The van der Waals surface area contributed by atoms with Crippen LogP contribution in [0.25, 0.3) is 11.3 Å². The molecule has 19 heavy (non-hydrogen) atoms. The molecule has 0 aliphatic heterocycles. The SMILES string of the molecule is CCNC(CC)c1ccc(-c2cccc(Cl)c2Cl)o1. The zero-order valence-corrected chi connectivity index (χ0v) is 12.6. The number of rotatable bonds is 5. The molecular weight excluding hydrogens is 281 g/mol. The van der Waals surface area contributed by atoms with E-state index in [0.717, 1.165) is 30.0 Å². The Labute approximate surface area is 123 Å². The van der Waals surface area contributed by atoms with Gasteiger partial charge in [0.05, 0.1) is 16.1 Å². The van der Waals surface area contributed by atoms with Crippen LogP contribution >= 0.6 is 23.2 Å². The zero-order chi connectivity index (χ0) is 13.8. The van der Waals surface area contributed by atoms with Crippen LogP contribution in [0, 0.1) is 0 Å². The van der Waals surface area contributed by atoms with Crippen LogP contribution in [0.15, 0.2) is 34.7 Å². The second-order valence-corrected chi connectivity index (χ2v) is 5.11. The van der Waals surface area contributed by atoms with Gasteiger partial charge in [-0.1, -0.05) is 43.1 Å². The van der Waals surface area contributed by atoms with Gasteiger partial charge in [0.1, 0.15) is 11.5 Å². The lowest BCUT2D eigenvalue weighted by molar-refractivity contribution is 0.417. The molecule has 2 nitrogen and oxygen atoms in total. The minimum absolute atomic E-state index is 0.233. The molecule has 0 radical (unpaired) electrons. The van der Waals surface area contributed by atoms with Gasteiger partial charge in [-0.2, -0.15) is 0 Å². The fraction of sp³-hybridized carbons (Fsp3) is 0.333. The summed E-state index contributed by atoms with van der Waals surface area (Å²) >= 11 is 12.2. The molecule has 102 valence electrons. The van der Waals surface area contributed by atoms with E-state index in [1.54, 1.807) is 6.07 Å². The summed E-state index contributed by atoms with van der Waals surface area (Å²) in [5, 5.41) is 4.45. The Morgan fingerprint density at radius 2 is 1.95 bits per heavy atom. The van der Waals surface area contributed by atoms with Gasteiger partial charge in [-0.15, -0.1) is 0 Å². The molecule has 1 atom stereocenters. The summed E-state index contributed by atoms with van der Waals surface area (Å²) in [5.74, 6) is 1.68. The fourth-order valence-electron chi connectivity index (χ4n) is 2.07. The number of halogens is 2. The van der Waals surface area contributed by atoms with Crippen LogP contribution in [0.2, 0.25) is 10.0 Å². The van der Waals surface area contributed by atoms with E-state index < -0.39 is 0 Å². The normalized spacial score (nSPS) is 12.6. The Kier molecular flexibility index (Phi) is 4.92. The third-order valence-corrected chi connectivity index (χ3v) is 3.86. The van der Waals surface area contributed by atoms with E-state index in [1.807, 2.05) is 24.3 Å². The summed E-state index contributed by atoms with van der Waals surface area (Å²) in [6, 6.07) is 9.70. The topological polar surface area (TPSA) is 25.2 Å². The van der Waals surface area contributed by atoms with Crippen LogP contribution in [0.1, 0.15) is 32.1 Å². The molecule has 4 heteroatoms. The molecule has 0 saturated carbocycles. The molecule has 1 N–H and O–H groups in total. The molecule has 0 bridgehead atoms. The summed E-state index contributed by atoms with van der Waals surface area (Å²) in [5.41, 5.74) is 0.826. The first-order valence-corrected chi connectivity index (χ1v) is 7.20. The first-order chi connectivity index (χ1) is 9.17. The van der Waals surface area contributed by atoms with Gasteiger partial charge in [-0.05, 0) is 37.2 Å². The number of hydrogen-bond acceptors (Lipinski definition) is 2. The van der Waals surface area contributed by atoms with Gasteiger partial charge in [-0.3, -0.25) is 0 Å². The number of benzene rings is 1. The van der Waals surface area contributed by atoms with Gasteiger partial charge >= 0.3 is 0 Å². The van der Waals surface area contributed by atoms with Crippen molar-refractivity contribution in [3.8, 4) is 11.3 Å². The van der Waals surface area contributed by atoms with Crippen molar-refractivity contribution in [1.29, 1.82) is 0 Å². The monoisotopic (exact) mass is 297 g/mol. The molecule has 2 aromatic rings. The van der Waals surface area contributed by atoms with Gasteiger partial charge in [0.2, 0.25) is 0 Å². The lowest BCUT2D eigenvalue weighted by Gasteiger charge is -2.12. The summed E-state index contributed by atoms with van der Waals surface area (Å²) in [4.78, 5) is 0. The van der Waals surface area contributed by atoms with Crippen LogP contribution in [-0.2, 0) is 0 Å². The van der Waals surface area contributed by atoms with Crippen molar-refractivity contribution in [1.82, 2.24) is 5.32 Å². The van der Waals surface area contributed by atoms with Crippen LogP contribution < -0.4 is 5.32 Å². The predicted octanol–water partition coefficient (Wildman–Crippen LogP) is 5.31. The molecular formula is C15H17Cl2NO. The van der Waals surface area contributed by atoms with Crippen LogP contribution in [0.4, 0.5) is 0 Å². The van der Waals surface area contributed by atoms with Crippen LogP contribution in [0.5, 0.6) is 0 Å². The Morgan fingerprint density at radius 3 is 2.63 bits per heavy atom. The van der Waals surface area contributed by atoms with Gasteiger partial charge in [-0.25, -0.2) is 0 Å². The van der Waals surface area contributed by atoms with Gasteiger partial charge in [0.25, 0.3) is 0 Å². The lowest BCUT2D eigenvalue weighted by atomic mass is 10.1. The molecule has 1 heterocycles. The summed E-state index contributed by atoms with van der Waals surface area (Å²) < 4.78 is 5.91. The molecule has 0 spiro atoms. The van der Waals surface area contributed by atoms with E-state index in [2.05, 4.69) is 19.2 Å². The predicted molar refractivity (Wildman–Crippen MR) is 80.9 cm³/mol. The zero-order valence-electron chi connectivity index (χ0n) is 11.0. The average Bonchev–Trinajstić information content (AvgIpc) is 2.88. The molecule has 0 amide bonds. The number of nitrogens with one attached hydrogen (secondary N) is 1. The van der Waals surface area contributed by atoms with Gasteiger partial charge in [0, 0.05) is 5.56 Å². The van der Waals surface area contributed by atoms with E-state index in [9.17, 15) is 0 Å². The molecule has 1 unspecified atom stereocenters. The van der Waals surface area contributed by atoms with Crippen LogP contribution in [0.3, 0.4) is 0 Å². The van der Waals surface area contributed by atoms with Crippen molar-refractivity contribution in [3.05, 3.63) is 46.1 Å². The molecule has 0 aliphatic rings. The maximum absolute atomic E-state index is 6.20. The largest absolute Gasteiger partial charge is 0.459 e. The van der Waals surface area contributed by atoms with Crippen molar-refractivity contribution < 1.29 is 4.42 Å². The molecule has 1 aromatic heterocycles. The summed E-state index contributed by atoms with van der Waals surface area (Å²) in [6.07, 6.45) is 0.976. The second kappa shape index (κ2) is 6.47. The van der Waals surface area contributed by atoms with Crippen molar-refractivity contribution in [2.24, 2.45) is 0 Å². The minimum Gasteiger partial charge on any atom is -0.459 e. The van der Waals surface area contributed by atoms with Gasteiger partial charge in [0.15, 0.2) is 0 Å². The standard InChI is InChI=1S/C15H17Cl2NO/c1-3-12(18-4-2)14-9-8-13(19-14)10-6-5-7-11(16)15(10)17/h5-9,12,18H,3-4H2,1-2H3. The molecule has 1 aromatic carbocycles. The smallest absolute Gasteiger partial charge is 0.135 e. The molecule has 0 saturated heterocycles. The van der Waals surface area contributed by atoms with Crippen molar-refractivity contribution in [3.63, 3.8) is 0 Å². The van der Waals surface area contributed by atoms with Crippen LogP contribution in [-0.4, -0.2) is 6.54 Å². The Hall–Kier alpha value is -0.960. The number of hydrogen-bond donors (Lipinski definition) is 1. The first kappa shape index (κ1) is 14.4. The summed E-state index contributed by atoms with van der Waals surface area (Å²) in [7, 11) is 0. The van der Waals surface area contributed by atoms with E-state index in [-0.39, 0.29) is 6.04 Å². The van der Waals surface area contributed by atoms with E-state index in [0.29, 0.717) is 10.0 Å². The maximum atomic E-state index is 6.20. The van der Waals surface area contributed by atoms with E-state index in [4.69, 9.17) is 27.6 Å². The molecule has 0 aliphatic carbocycles. The van der Waals surface area contributed by atoms with E-state index in [1.165, 1.54) is 0 Å². The fourth-order valence-corrected chi connectivity index (χ4v) is 2.47. The van der Waals surface area contributed by atoms with Crippen molar-refractivity contribution in [2.45, 2.75) is 26.3 Å². The third-order valence-electron chi connectivity index (χ3n) is 3.05. The van der Waals surface area contributed by atoms with Crippen molar-refractivity contribution in [2.75, 3.05) is 6.54 Å². The average molecular weight is 298 g/mol. The minimum atomic E-state index is 0.233. The van der Waals surface area contributed by atoms with Crippen molar-refractivity contribution >= 4 is 23.2 Å². The Bertz CT molecular complexity index is 551. The highest BCUT2D eigenvalue weighted by atomic mass is 35.5. The highest BCUT2D eigenvalue weighted by Crippen LogP contribution is 2.35. The first-order valence-electron chi connectivity index (χ1n) is 6.44. The quantitative estimate of drug-likeness (QED) is 0.808. The number of furan rings is 1. The second-order valence-electron chi connectivity index (χ2n) is 4.32. The maximum Gasteiger partial charge on any atom is 0.135 e. The van der Waals surface area contributed by atoms with Gasteiger partial charge < -0.3 is 9.73 Å². The molecule has 0 fully saturated rings.